The van der Waals surface area contributed by atoms with Gasteiger partial charge in [-0.2, -0.15) is 5.26 Å². The zero-order valence-corrected chi connectivity index (χ0v) is 9.37. The molecule has 0 saturated heterocycles. The zero-order valence-electron chi connectivity index (χ0n) is 8.55. The molecule has 5 heteroatoms. The summed E-state index contributed by atoms with van der Waals surface area (Å²) in [6.45, 7) is 0.796. The minimum Gasteiger partial charge on any atom is -0.361 e. The van der Waals surface area contributed by atoms with E-state index in [2.05, 4.69) is 21.4 Å². The van der Waals surface area contributed by atoms with Crippen molar-refractivity contribution in [3.8, 4) is 6.07 Å². The van der Waals surface area contributed by atoms with Crippen LogP contribution in [0.5, 0.6) is 0 Å². The monoisotopic (exact) mass is 230 g/mol. The number of thiazole rings is 1. The first-order valence-electron chi connectivity index (χ1n) is 4.87. The fourth-order valence-electron chi connectivity index (χ4n) is 1.27. The maximum Gasteiger partial charge on any atom is 0.183 e. The molecule has 0 unspecified atom stereocenters. The van der Waals surface area contributed by atoms with Gasteiger partial charge >= 0.3 is 0 Å². The van der Waals surface area contributed by atoms with Crippen LogP contribution >= 0.6 is 11.3 Å². The van der Waals surface area contributed by atoms with Gasteiger partial charge in [-0.25, -0.2) is 4.98 Å². The molecule has 0 fully saturated rings. The fraction of sp³-hybridized carbons (Fsp3) is 0.182. The number of nitrogens with zero attached hydrogens (tertiary/aromatic N) is 3. The summed E-state index contributed by atoms with van der Waals surface area (Å²) in [5.74, 6) is 0. The van der Waals surface area contributed by atoms with Crippen LogP contribution in [0.3, 0.4) is 0 Å². The molecule has 0 aliphatic rings. The van der Waals surface area contributed by atoms with Gasteiger partial charge in [0.2, 0.25) is 0 Å². The van der Waals surface area contributed by atoms with E-state index in [1.54, 1.807) is 12.4 Å². The molecule has 0 bridgehead atoms. The number of aromatic nitrogens is 2. The van der Waals surface area contributed by atoms with Gasteiger partial charge < -0.3 is 5.32 Å². The van der Waals surface area contributed by atoms with Gasteiger partial charge in [-0.05, 0) is 18.1 Å². The lowest BCUT2D eigenvalue weighted by Gasteiger charge is -2.01. The molecule has 80 valence electrons. The standard InChI is InChI=1S/C11H10N4S/c12-6-10-8-15-11(16-10)14-5-3-9-2-1-4-13-7-9/h1-2,4,7-8H,3,5H2,(H,14,15). The van der Waals surface area contributed by atoms with Crippen LogP contribution in [0.2, 0.25) is 0 Å². The van der Waals surface area contributed by atoms with Crippen molar-refractivity contribution in [1.29, 1.82) is 5.26 Å². The number of hydrogen-bond acceptors (Lipinski definition) is 5. The highest BCUT2D eigenvalue weighted by Gasteiger charge is 1.99. The Morgan fingerprint density at radius 3 is 3.06 bits per heavy atom. The van der Waals surface area contributed by atoms with Crippen LogP contribution in [0.15, 0.2) is 30.7 Å². The van der Waals surface area contributed by atoms with Crippen LogP contribution in [-0.4, -0.2) is 16.5 Å². The molecule has 0 atom stereocenters. The molecule has 2 rings (SSSR count). The van der Waals surface area contributed by atoms with Crippen molar-refractivity contribution >= 4 is 16.5 Å². The Balaban J connectivity index is 1.83. The van der Waals surface area contributed by atoms with E-state index in [4.69, 9.17) is 5.26 Å². The first-order valence-corrected chi connectivity index (χ1v) is 5.69. The molecule has 0 aromatic carbocycles. The molecule has 0 spiro atoms. The van der Waals surface area contributed by atoms with E-state index in [9.17, 15) is 0 Å². The minimum absolute atomic E-state index is 0.629. The molecule has 0 saturated carbocycles. The van der Waals surface area contributed by atoms with Crippen molar-refractivity contribution < 1.29 is 0 Å². The van der Waals surface area contributed by atoms with Gasteiger partial charge in [0.15, 0.2) is 5.13 Å². The van der Waals surface area contributed by atoms with Crippen molar-refractivity contribution in [1.82, 2.24) is 9.97 Å². The average molecular weight is 230 g/mol. The minimum atomic E-state index is 0.629. The van der Waals surface area contributed by atoms with Crippen LogP contribution in [0.1, 0.15) is 10.4 Å². The summed E-state index contributed by atoms with van der Waals surface area (Å²) in [7, 11) is 0. The van der Waals surface area contributed by atoms with Crippen LogP contribution in [0.4, 0.5) is 5.13 Å². The van der Waals surface area contributed by atoms with Gasteiger partial charge in [-0.3, -0.25) is 4.98 Å². The van der Waals surface area contributed by atoms with Crippen LogP contribution in [0.25, 0.3) is 0 Å². The van der Waals surface area contributed by atoms with Crippen molar-refractivity contribution in [2.75, 3.05) is 11.9 Å². The molecule has 0 aliphatic heterocycles. The molecule has 0 aliphatic carbocycles. The highest BCUT2D eigenvalue weighted by atomic mass is 32.1. The lowest BCUT2D eigenvalue weighted by Crippen LogP contribution is -2.04. The predicted octanol–water partition coefficient (Wildman–Crippen LogP) is 2.06. The summed E-state index contributed by atoms with van der Waals surface area (Å²) in [6.07, 6.45) is 6.09. The van der Waals surface area contributed by atoms with Crippen LogP contribution in [0, 0.1) is 11.3 Å². The molecular weight excluding hydrogens is 220 g/mol. The largest absolute Gasteiger partial charge is 0.361 e. The predicted molar refractivity (Wildman–Crippen MR) is 63.3 cm³/mol. The Hall–Kier alpha value is -1.93. The third-order valence-corrected chi connectivity index (χ3v) is 2.89. The van der Waals surface area contributed by atoms with Gasteiger partial charge in [0.05, 0.1) is 6.20 Å². The topological polar surface area (TPSA) is 61.6 Å². The second kappa shape index (κ2) is 5.24. The van der Waals surface area contributed by atoms with Gasteiger partial charge in [-0.15, -0.1) is 0 Å². The number of nitrogens with one attached hydrogen (secondary N) is 1. The molecule has 16 heavy (non-hydrogen) atoms. The Morgan fingerprint density at radius 1 is 1.44 bits per heavy atom. The molecule has 0 radical (unpaired) electrons. The van der Waals surface area contributed by atoms with E-state index in [1.165, 1.54) is 16.9 Å². The number of anilines is 1. The van der Waals surface area contributed by atoms with Crippen LogP contribution in [-0.2, 0) is 6.42 Å². The Bertz CT molecular complexity index is 486. The van der Waals surface area contributed by atoms with Gasteiger partial charge in [-0.1, -0.05) is 17.4 Å². The van der Waals surface area contributed by atoms with Gasteiger partial charge in [0.1, 0.15) is 10.9 Å². The molecule has 1 N–H and O–H groups in total. The maximum absolute atomic E-state index is 8.64. The molecule has 2 heterocycles. The number of rotatable bonds is 4. The second-order valence-electron chi connectivity index (χ2n) is 3.18. The highest BCUT2D eigenvalue weighted by molar-refractivity contribution is 7.16. The molecular formula is C11H10N4S. The molecule has 0 amide bonds. The summed E-state index contributed by atoms with van der Waals surface area (Å²) in [5, 5.41) is 12.6. The number of pyridine rings is 1. The van der Waals surface area contributed by atoms with Crippen molar-refractivity contribution in [3.63, 3.8) is 0 Å². The fourth-order valence-corrected chi connectivity index (χ4v) is 1.91. The van der Waals surface area contributed by atoms with Crippen molar-refractivity contribution in [3.05, 3.63) is 41.2 Å². The van der Waals surface area contributed by atoms with Gasteiger partial charge in [0, 0.05) is 18.9 Å². The SMILES string of the molecule is N#Cc1cnc(NCCc2cccnc2)s1. The summed E-state index contributed by atoms with van der Waals surface area (Å²) in [5.41, 5.74) is 1.19. The van der Waals surface area contributed by atoms with Crippen molar-refractivity contribution in [2.45, 2.75) is 6.42 Å². The lowest BCUT2D eigenvalue weighted by molar-refractivity contribution is 1.00. The van der Waals surface area contributed by atoms with E-state index < -0.39 is 0 Å². The maximum atomic E-state index is 8.64. The molecule has 2 aromatic heterocycles. The van der Waals surface area contributed by atoms with E-state index in [-0.39, 0.29) is 0 Å². The average Bonchev–Trinajstić information content (AvgIpc) is 2.78. The van der Waals surface area contributed by atoms with E-state index in [0.29, 0.717) is 4.88 Å². The Labute approximate surface area is 97.6 Å². The first-order chi connectivity index (χ1) is 7.88. The normalized spacial score (nSPS) is 9.69. The van der Waals surface area contributed by atoms with Crippen molar-refractivity contribution in [2.24, 2.45) is 0 Å². The Kier molecular flexibility index (Phi) is 3.46. The van der Waals surface area contributed by atoms with E-state index in [0.717, 1.165) is 18.1 Å². The summed E-state index contributed by atoms with van der Waals surface area (Å²) >= 11 is 1.37. The van der Waals surface area contributed by atoms with Crippen LogP contribution < -0.4 is 5.32 Å². The summed E-state index contributed by atoms with van der Waals surface area (Å²) in [6, 6.07) is 6.02. The molecule has 4 nitrogen and oxygen atoms in total. The van der Waals surface area contributed by atoms with Gasteiger partial charge in [0.25, 0.3) is 0 Å². The lowest BCUT2D eigenvalue weighted by atomic mass is 10.2. The number of nitriles is 1. The molecule has 2 aromatic rings. The zero-order chi connectivity index (χ0) is 11.2. The third kappa shape index (κ3) is 2.78. The third-order valence-electron chi connectivity index (χ3n) is 2.03. The van der Waals surface area contributed by atoms with E-state index >= 15 is 0 Å². The second-order valence-corrected chi connectivity index (χ2v) is 4.21. The van der Waals surface area contributed by atoms with E-state index in [1.807, 2.05) is 18.3 Å². The smallest absolute Gasteiger partial charge is 0.183 e. The quantitative estimate of drug-likeness (QED) is 0.873. The first kappa shape index (κ1) is 10.6. The summed E-state index contributed by atoms with van der Waals surface area (Å²) in [4.78, 5) is 8.76. The highest BCUT2D eigenvalue weighted by Crippen LogP contribution is 2.16. The Morgan fingerprint density at radius 2 is 2.38 bits per heavy atom. The summed E-state index contributed by atoms with van der Waals surface area (Å²) < 4.78 is 0. The number of hydrogen-bond donors (Lipinski definition) is 1.